The van der Waals surface area contributed by atoms with Gasteiger partial charge in [-0.25, -0.2) is 4.79 Å². The minimum atomic E-state index is -0.321. The third-order valence-corrected chi connectivity index (χ3v) is 2.26. The van der Waals surface area contributed by atoms with Crippen molar-refractivity contribution in [2.24, 2.45) is 0 Å². The van der Waals surface area contributed by atoms with Gasteiger partial charge < -0.3 is 9.84 Å². The molecular weight excluding hydrogens is 216 g/mol. The maximum Gasteiger partial charge on any atom is 0.330 e. The summed E-state index contributed by atoms with van der Waals surface area (Å²) < 4.78 is 5.00. The average molecular weight is 234 g/mol. The summed E-state index contributed by atoms with van der Waals surface area (Å²) in [6, 6.07) is 9.60. The number of carbonyl (C=O) groups excluding carboxylic acids is 1. The Labute approximate surface area is 102 Å². The monoisotopic (exact) mass is 234 g/mol. The third-order valence-electron chi connectivity index (χ3n) is 2.26. The van der Waals surface area contributed by atoms with E-state index in [0.29, 0.717) is 6.61 Å². The Bertz CT molecular complexity index is 344. The zero-order valence-corrected chi connectivity index (χ0v) is 9.84. The lowest BCUT2D eigenvalue weighted by atomic mass is 10.2. The fraction of sp³-hybridized carbons (Fsp3) is 0.357. The summed E-state index contributed by atoms with van der Waals surface area (Å²) in [5.74, 6) is -0.321. The number of rotatable bonds is 7. The summed E-state index contributed by atoms with van der Waals surface area (Å²) in [4.78, 5) is 11.3. The number of ether oxygens (including phenoxy) is 1. The van der Waals surface area contributed by atoms with Crippen LogP contribution in [0.1, 0.15) is 24.8 Å². The minimum absolute atomic E-state index is 0.196. The molecule has 0 aromatic heterocycles. The Balaban J connectivity index is 2.19. The Morgan fingerprint density at radius 1 is 1.18 bits per heavy atom. The van der Waals surface area contributed by atoms with Gasteiger partial charge in [-0.2, -0.15) is 0 Å². The van der Waals surface area contributed by atoms with Gasteiger partial charge in [-0.3, -0.25) is 0 Å². The zero-order chi connectivity index (χ0) is 12.3. The molecule has 1 aromatic carbocycles. The molecule has 92 valence electrons. The van der Waals surface area contributed by atoms with Crippen LogP contribution in [0, 0.1) is 0 Å². The second-order valence-corrected chi connectivity index (χ2v) is 3.70. The molecule has 1 rings (SSSR count). The number of hydrogen-bond donors (Lipinski definition) is 1. The standard InChI is InChI=1S/C14H18O3/c15-11-5-2-6-12-17-14(16)10-9-13-7-3-1-4-8-13/h1,3-4,7-10,15H,2,5-6,11-12H2. The van der Waals surface area contributed by atoms with Crippen molar-refractivity contribution in [3.63, 3.8) is 0 Å². The van der Waals surface area contributed by atoms with Crippen molar-refractivity contribution in [1.82, 2.24) is 0 Å². The van der Waals surface area contributed by atoms with Crippen molar-refractivity contribution in [2.75, 3.05) is 13.2 Å². The average Bonchev–Trinajstić information content (AvgIpc) is 2.37. The van der Waals surface area contributed by atoms with E-state index in [9.17, 15) is 4.79 Å². The van der Waals surface area contributed by atoms with Crippen LogP contribution in [-0.4, -0.2) is 24.3 Å². The predicted molar refractivity (Wildman–Crippen MR) is 67.4 cm³/mol. The van der Waals surface area contributed by atoms with Crippen LogP contribution in [0.2, 0.25) is 0 Å². The first-order valence-electron chi connectivity index (χ1n) is 5.83. The maximum absolute atomic E-state index is 11.3. The van der Waals surface area contributed by atoms with Crippen LogP contribution in [0.5, 0.6) is 0 Å². The van der Waals surface area contributed by atoms with Gasteiger partial charge in [0.25, 0.3) is 0 Å². The van der Waals surface area contributed by atoms with E-state index in [1.54, 1.807) is 6.08 Å². The van der Waals surface area contributed by atoms with Crippen LogP contribution in [0.4, 0.5) is 0 Å². The number of carbonyl (C=O) groups is 1. The number of aliphatic hydroxyl groups excluding tert-OH is 1. The molecule has 0 atom stereocenters. The van der Waals surface area contributed by atoms with Gasteiger partial charge in [-0.1, -0.05) is 30.3 Å². The highest BCUT2D eigenvalue weighted by Gasteiger charge is 1.96. The van der Waals surface area contributed by atoms with Gasteiger partial charge in [0.1, 0.15) is 0 Å². The molecule has 0 bridgehead atoms. The highest BCUT2D eigenvalue weighted by Crippen LogP contribution is 2.01. The summed E-state index contributed by atoms with van der Waals surface area (Å²) in [6.07, 6.45) is 5.60. The van der Waals surface area contributed by atoms with Crippen LogP contribution in [0.15, 0.2) is 36.4 Å². The Morgan fingerprint density at radius 3 is 2.65 bits per heavy atom. The molecule has 3 heteroatoms. The molecule has 0 fully saturated rings. The van der Waals surface area contributed by atoms with Gasteiger partial charge in [0.2, 0.25) is 0 Å². The van der Waals surface area contributed by atoms with Gasteiger partial charge in [-0.05, 0) is 30.9 Å². The molecule has 0 saturated carbocycles. The van der Waals surface area contributed by atoms with E-state index in [0.717, 1.165) is 24.8 Å². The number of benzene rings is 1. The molecule has 0 aliphatic carbocycles. The highest BCUT2D eigenvalue weighted by atomic mass is 16.5. The largest absolute Gasteiger partial charge is 0.463 e. The number of esters is 1. The van der Waals surface area contributed by atoms with E-state index in [-0.39, 0.29) is 12.6 Å². The third kappa shape index (κ3) is 6.53. The van der Waals surface area contributed by atoms with Gasteiger partial charge >= 0.3 is 5.97 Å². The first-order valence-corrected chi connectivity index (χ1v) is 5.83. The number of hydrogen-bond acceptors (Lipinski definition) is 3. The molecule has 17 heavy (non-hydrogen) atoms. The van der Waals surface area contributed by atoms with Crippen LogP contribution >= 0.6 is 0 Å². The molecule has 0 aliphatic rings. The topological polar surface area (TPSA) is 46.5 Å². The quantitative estimate of drug-likeness (QED) is 0.447. The summed E-state index contributed by atoms with van der Waals surface area (Å²) in [5, 5.41) is 8.57. The molecule has 0 unspecified atom stereocenters. The summed E-state index contributed by atoms with van der Waals surface area (Å²) in [7, 11) is 0. The normalized spacial score (nSPS) is 10.6. The summed E-state index contributed by atoms with van der Waals surface area (Å²) in [6.45, 7) is 0.611. The first-order chi connectivity index (χ1) is 8.33. The molecule has 0 radical (unpaired) electrons. The van der Waals surface area contributed by atoms with E-state index in [1.165, 1.54) is 6.08 Å². The molecule has 0 heterocycles. The zero-order valence-electron chi connectivity index (χ0n) is 9.84. The molecule has 0 aliphatic heterocycles. The molecule has 3 nitrogen and oxygen atoms in total. The maximum atomic E-state index is 11.3. The van der Waals surface area contributed by atoms with Crippen molar-refractivity contribution in [3.8, 4) is 0 Å². The Morgan fingerprint density at radius 2 is 1.94 bits per heavy atom. The molecule has 0 amide bonds. The predicted octanol–water partition coefficient (Wildman–Crippen LogP) is 2.41. The van der Waals surface area contributed by atoms with Crippen LogP contribution < -0.4 is 0 Å². The Hall–Kier alpha value is -1.61. The van der Waals surface area contributed by atoms with Crippen LogP contribution in [0.3, 0.4) is 0 Å². The van der Waals surface area contributed by atoms with Gasteiger partial charge in [-0.15, -0.1) is 0 Å². The summed E-state index contributed by atoms with van der Waals surface area (Å²) in [5.41, 5.74) is 0.977. The SMILES string of the molecule is O=C(C=Cc1ccccc1)OCCCCCO. The van der Waals surface area contributed by atoms with Crippen LogP contribution in [0.25, 0.3) is 6.08 Å². The smallest absolute Gasteiger partial charge is 0.330 e. The lowest BCUT2D eigenvalue weighted by Crippen LogP contribution is -2.02. The van der Waals surface area contributed by atoms with E-state index >= 15 is 0 Å². The molecule has 0 spiro atoms. The van der Waals surface area contributed by atoms with Gasteiger partial charge in [0, 0.05) is 12.7 Å². The fourth-order valence-corrected chi connectivity index (χ4v) is 1.34. The highest BCUT2D eigenvalue weighted by molar-refractivity contribution is 5.86. The number of aliphatic hydroxyl groups is 1. The first kappa shape index (κ1) is 13.5. The molecule has 0 saturated heterocycles. The number of unbranched alkanes of at least 4 members (excludes halogenated alkanes) is 2. The van der Waals surface area contributed by atoms with E-state index in [1.807, 2.05) is 30.3 Å². The Kier molecular flexibility index (Phi) is 6.75. The van der Waals surface area contributed by atoms with Crippen molar-refractivity contribution in [2.45, 2.75) is 19.3 Å². The van der Waals surface area contributed by atoms with Crippen molar-refractivity contribution >= 4 is 12.0 Å². The van der Waals surface area contributed by atoms with Crippen molar-refractivity contribution < 1.29 is 14.6 Å². The lowest BCUT2D eigenvalue weighted by Gasteiger charge is -2.00. The minimum Gasteiger partial charge on any atom is -0.463 e. The molecular formula is C14H18O3. The fourth-order valence-electron chi connectivity index (χ4n) is 1.34. The van der Waals surface area contributed by atoms with Crippen LogP contribution in [-0.2, 0) is 9.53 Å². The van der Waals surface area contributed by atoms with E-state index < -0.39 is 0 Å². The van der Waals surface area contributed by atoms with Crippen molar-refractivity contribution in [1.29, 1.82) is 0 Å². The molecule has 1 aromatic rings. The second kappa shape index (κ2) is 8.53. The second-order valence-electron chi connectivity index (χ2n) is 3.70. The van der Waals surface area contributed by atoms with Gasteiger partial charge in [0.15, 0.2) is 0 Å². The summed E-state index contributed by atoms with van der Waals surface area (Å²) >= 11 is 0. The lowest BCUT2D eigenvalue weighted by molar-refractivity contribution is -0.137. The van der Waals surface area contributed by atoms with E-state index in [2.05, 4.69) is 0 Å². The van der Waals surface area contributed by atoms with Crippen molar-refractivity contribution in [3.05, 3.63) is 42.0 Å². The molecule has 1 N–H and O–H groups in total. The van der Waals surface area contributed by atoms with E-state index in [4.69, 9.17) is 9.84 Å². The van der Waals surface area contributed by atoms with Gasteiger partial charge in [0.05, 0.1) is 6.61 Å².